The van der Waals surface area contributed by atoms with E-state index in [4.69, 9.17) is 16.3 Å². The van der Waals surface area contributed by atoms with Gasteiger partial charge in [0, 0.05) is 18.2 Å². The molecule has 2 aliphatic rings. The number of aryl methyl sites for hydroxylation is 2. The minimum atomic E-state index is -0.424. The summed E-state index contributed by atoms with van der Waals surface area (Å²) in [6, 6.07) is 4.09. The molecule has 0 aliphatic carbocycles. The number of fused-ring (bicyclic) bond motifs is 3. The number of carbonyl (C=O) groups is 1. The summed E-state index contributed by atoms with van der Waals surface area (Å²) in [7, 11) is 0. The fourth-order valence-electron chi connectivity index (χ4n) is 4.51. The lowest BCUT2D eigenvalue weighted by molar-refractivity contribution is 0.0744. The largest absolute Gasteiger partial charge is 0.491 e. The lowest BCUT2D eigenvalue weighted by atomic mass is 10.1. The zero-order chi connectivity index (χ0) is 22.4. The molecular weight excluding hydrogens is 433 g/mol. The topological polar surface area (TPSA) is 63.0 Å². The van der Waals surface area contributed by atoms with Gasteiger partial charge in [0.05, 0.1) is 40.8 Å². The van der Waals surface area contributed by atoms with Gasteiger partial charge in [0.15, 0.2) is 5.65 Å². The molecule has 9 heteroatoms. The first-order chi connectivity index (χ1) is 15.4. The van der Waals surface area contributed by atoms with E-state index in [2.05, 4.69) is 15.0 Å². The molecule has 1 saturated heterocycles. The van der Waals surface area contributed by atoms with Crippen LogP contribution in [0.3, 0.4) is 0 Å². The molecule has 0 atom stereocenters. The molecule has 1 fully saturated rings. The summed E-state index contributed by atoms with van der Waals surface area (Å²) in [4.78, 5) is 21.9. The Hall–Kier alpha value is -2.71. The van der Waals surface area contributed by atoms with Crippen molar-refractivity contribution in [2.45, 2.75) is 39.8 Å². The smallest absolute Gasteiger partial charge is 0.258 e. The second-order valence-corrected chi connectivity index (χ2v) is 8.83. The van der Waals surface area contributed by atoms with Crippen LogP contribution in [0.1, 0.15) is 45.8 Å². The van der Waals surface area contributed by atoms with Crippen molar-refractivity contribution in [1.29, 1.82) is 0 Å². The van der Waals surface area contributed by atoms with Crippen LogP contribution in [0.5, 0.6) is 5.75 Å². The Morgan fingerprint density at radius 2 is 2.00 bits per heavy atom. The van der Waals surface area contributed by atoms with E-state index in [1.807, 2.05) is 13.8 Å². The molecule has 0 spiro atoms. The van der Waals surface area contributed by atoms with Crippen LogP contribution in [0.4, 0.5) is 4.39 Å². The molecular formula is C23H25ClFN5O2. The van der Waals surface area contributed by atoms with Crippen LogP contribution in [0.2, 0.25) is 5.02 Å². The Morgan fingerprint density at radius 3 is 2.78 bits per heavy atom. The lowest BCUT2D eigenvalue weighted by Crippen LogP contribution is -2.28. The van der Waals surface area contributed by atoms with E-state index in [0.29, 0.717) is 30.3 Å². The third kappa shape index (κ3) is 3.71. The van der Waals surface area contributed by atoms with Crippen molar-refractivity contribution < 1.29 is 13.9 Å². The molecule has 0 radical (unpaired) electrons. The molecule has 1 amide bonds. The molecule has 1 aromatic carbocycles. The number of rotatable bonds is 5. The van der Waals surface area contributed by atoms with Gasteiger partial charge in [-0.05, 0) is 51.9 Å². The highest BCUT2D eigenvalue weighted by Crippen LogP contribution is 2.31. The first-order valence-electron chi connectivity index (χ1n) is 10.9. The van der Waals surface area contributed by atoms with Crippen molar-refractivity contribution >= 4 is 23.2 Å². The van der Waals surface area contributed by atoms with E-state index in [0.717, 1.165) is 47.9 Å². The van der Waals surface area contributed by atoms with Crippen LogP contribution >= 0.6 is 11.6 Å². The van der Waals surface area contributed by atoms with Gasteiger partial charge >= 0.3 is 0 Å². The average Bonchev–Trinajstić information content (AvgIpc) is 3.49. The fraction of sp³-hybridized carbons (Fsp3) is 0.435. The van der Waals surface area contributed by atoms with Gasteiger partial charge in [0.1, 0.15) is 18.2 Å². The molecule has 5 rings (SSSR count). The molecule has 2 aromatic heterocycles. The fourth-order valence-corrected chi connectivity index (χ4v) is 4.63. The standard InChI is InChI=1S/C23H25ClFN5O2/c1-14-21(24)15(2)30-22(26-14)18-12-29(13-19(18)27-30)23(31)17-6-5-16(25)11-20(17)32-10-9-28-7-3-4-8-28/h5-6,11H,3-4,7-10,12-13H2,1-2H3. The summed E-state index contributed by atoms with van der Waals surface area (Å²) >= 11 is 6.32. The number of nitrogens with zero attached hydrogens (tertiary/aromatic N) is 5. The van der Waals surface area contributed by atoms with Gasteiger partial charge in [-0.2, -0.15) is 5.10 Å². The highest BCUT2D eigenvalue weighted by atomic mass is 35.5. The molecule has 0 bridgehead atoms. The van der Waals surface area contributed by atoms with Crippen molar-refractivity contribution in [3.05, 3.63) is 57.2 Å². The number of halogens is 2. The van der Waals surface area contributed by atoms with Crippen molar-refractivity contribution in [2.24, 2.45) is 0 Å². The molecule has 2 aliphatic heterocycles. The monoisotopic (exact) mass is 457 g/mol. The molecule has 4 heterocycles. The lowest BCUT2D eigenvalue weighted by Gasteiger charge is -2.20. The van der Waals surface area contributed by atoms with Crippen molar-refractivity contribution in [1.82, 2.24) is 24.4 Å². The maximum Gasteiger partial charge on any atom is 0.258 e. The highest BCUT2D eigenvalue weighted by molar-refractivity contribution is 6.31. The van der Waals surface area contributed by atoms with E-state index in [1.54, 1.807) is 9.42 Å². The number of likely N-dealkylation sites (tertiary alicyclic amines) is 1. The average molecular weight is 458 g/mol. The van der Waals surface area contributed by atoms with Gasteiger partial charge < -0.3 is 9.64 Å². The summed E-state index contributed by atoms with van der Waals surface area (Å²) in [6.45, 7) is 7.81. The number of benzene rings is 1. The molecule has 0 unspecified atom stereocenters. The van der Waals surface area contributed by atoms with Gasteiger partial charge in [-0.15, -0.1) is 0 Å². The molecule has 3 aromatic rings. The zero-order valence-electron chi connectivity index (χ0n) is 18.2. The van der Waals surface area contributed by atoms with Crippen LogP contribution in [0.15, 0.2) is 18.2 Å². The van der Waals surface area contributed by atoms with E-state index in [-0.39, 0.29) is 11.7 Å². The Labute approximate surface area is 190 Å². The summed E-state index contributed by atoms with van der Waals surface area (Å²) in [5, 5.41) is 5.22. The van der Waals surface area contributed by atoms with Gasteiger partial charge in [-0.3, -0.25) is 9.69 Å². The van der Waals surface area contributed by atoms with E-state index in [9.17, 15) is 9.18 Å². The van der Waals surface area contributed by atoms with Crippen LogP contribution in [-0.4, -0.2) is 56.5 Å². The van der Waals surface area contributed by atoms with Gasteiger partial charge in [0.25, 0.3) is 5.91 Å². The highest BCUT2D eigenvalue weighted by Gasteiger charge is 2.31. The minimum Gasteiger partial charge on any atom is -0.491 e. The summed E-state index contributed by atoms with van der Waals surface area (Å²) in [5.41, 5.74) is 4.35. The number of hydrogen-bond donors (Lipinski definition) is 0. The zero-order valence-corrected chi connectivity index (χ0v) is 19.0. The molecule has 7 nitrogen and oxygen atoms in total. The Morgan fingerprint density at radius 1 is 1.22 bits per heavy atom. The van der Waals surface area contributed by atoms with Crippen LogP contribution in [-0.2, 0) is 13.1 Å². The van der Waals surface area contributed by atoms with Crippen molar-refractivity contribution in [2.75, 3.05) is 26.2 Å². The van der Waals surface area contributed by atoms with Gasteiger partial charge in [-0.1, -0.05) is 11.6 Å². The quantitative estimate of drug-likeness (QED) is 0.583. The van der Waals surface area contributed by atoms with Gasteiger partial charge in [-0.25, -0.2) is 13.9 Å². The number of aromatic nitrogens is 3. The van der Waals surface area contributed by atoms with Gasteiger partial charge in [0.2, 0.25) is 0 Å². The number of amides is 1. The third-order valence-electron chi connectivity index (χ3n) is 6.28. The first-order valence-corrected chi connectivity index (χ1v) is 11.3. The van der Waals surface area contributed by atoms with E-state index < -0.39 is 5.82 Å². The molecule has 168 valence electrons. The Kier molecular flexibility index (Phi) is 5.51. The SMILES string of the molecule is Cc1nc2c3c(nn2c(C)c1Cl)CN(C(=O)c1ccc(F)cc1OCCN1CCCC1)C3. The van der Waals surface area contributed by atoms with Crippen molar-refractivity contribution in [3.63, 3.8) is 0 Å². The minimum absolute atomic E-state index is 0.209. The predicted molar refractivity (Wildman–Crippen MR) is 119 cm³/mol. The predicted octanol–water partition coefficient (Wildman–Crippen LogP) is 3.77. The normalized spacial score (nSPS) is 16.2. The molecule has 0 N–H and O–H groups in total. The number of ether oxygens (including phenoxy) is 1. The Balaban J connectivity index is 1.36. The Bertz CT molecular complexity index is 1210. The second kappa shape index (κ2) is 8.33. The molecule has 32 heavy (non-hydrogen) atoms. The third-order valence-corrected chi connectivity index (χ3v) is 6.83. The number of carbonyl (C=O) groups excluding carboxylic acids is 1. The maximum absolute atomic E-state index is 13.9. The summed E-state index contributed by atoms with van der Waals surface area (Å²) in [6.07, 6.45) is 2.39. The number of hydrogen-bond acceptors (Lipinski definition) is 5. The van der Waals surface area contributed by atoms with E-state index >= 15 is 0 Å². The second-order valence-electron chi connectivity index (χ2n) is 8.46. The maximum atomic E-state index is 13.9. The summed E-state index contributed by atoms with van der Waals surface area (Å²) in [5.74, 6) is -0.351. The van der Waals surface area contributed by atoms with Crippen LogP contribution in [0.25, 0.3) is 5.65 Å². The van der Waals surface area contributed by atoms with Crippen LogP contribution in [0, 0.1) is 19.7 Å². The van der Waals surface area contributed by atoms with E-state index in [1.165, 1.54) is 31.0 Å². The first kappa shape index (κ1) is 21.2. The van der Waals surface area contributed by atoms with Crippen LogP contribution < -0.4 is 4.74 Å². The van der Waals surface area contributed by atoms with Crippen molar-refractivity contribution in [3.8, 4) is 5.75 Å². The summed E-state index contributed by atoms with van der Waals surface area (Å²) < 4.78 is 21.5. The molecule has 0 saturated carbocycles.